The van der Waals surface area contributed by atoms with Gasteiger partial charge < -0.3 is 50.5 Å². The number of nitrogens with zero attached hydrogens (tertiary/aromatic N) is 5. The summed E-state index contributed by atoms with van der Waals surface area (Å²) in [5.41, 5.74) is 18.0. The predicted molar refractivity (Wildman–Crippen MR) is 185 cm³/mol. The number of ether oxygens (including phenoxy) is 6. The van der Waals surface area contributed by atoms with Crippen molar-refractivity contribution in [1.82, 2.24) is 24.8 Å². The molecule has 15 nitrogen and oxygen atoms in total. The van der Waals surface area contributed by atoms with Crippen molar-refractivity contribution in [2.45, 2.75) is 51.4 Å². The van der Waals surface area contributed by atoms with Crippen LogP contribution in [0.15, 0.2) is 55.0 Å². The average Bonchev–Trinajstić information content (AvgIpc) is 3.06. The number of rotatable bonds is 8. The first kappa shape index (κ1) is 37.2. The molecule has 0 saturated carbocycles. The van der Waals surface area contributed by atoms with E-state index in [2.05, 4.69) is 19.9 Å². The Labute approximate surface area is 288 Å². The average molecular weight is 683 g/mol. The molecule has 3 saturated heterocycles. The van der Waals surface area contributed by atoms with Crippen LogP contribution >= 0.6 is 0 Å². The summed E-state index contributed by atoms with van der Waals surface area (Å²) < 4.78 is 32.5. The zero-order valence-electron chi connectivity index (χ0n) is 28.7. The maximum atomic E-state index is 11.7. The molecule has 3 aliphatic rings. The van der Waals surface area contributed by atoms with Crippen LogP contribution in [-0.4, -0.2) is 114 Å². The van der Waals surface area contributed by atoms with Gasteiger partial charge in [-0.15, -0.1) is 0 Å². The van der Waals surface area contributed by atoms with E-state index in [9.17, 15) is 4.79 Å². The Bertz CT molecular complexity index is 1370. The van der Waals surface area contributed by atoms with Gasteiger partial charge in [-0.1, -0.05) is 0 Å². The molecule has 0 atom stereocenters. The van der Waals surface area contributed by atoms with E-state index >= 15 is 0 Å². The van der Waals surface area contributed by atoms with Gasteiger partial charge in [0.1, 0.15) is 24.4 Å². The topological polar surface area (TPSA) is 196 Å². The molecule has 0 aliphatic carbocycles. The van der Waals surface area contributed by atoms with E-state index < -0.39 is 5.60 Å². The Morgan fingerprint density at radius 1 is 0.755 bits per heavy atom. The SMILES string of the molecule is CC(C)(C)OC(=O)N1CC(Oc2ccc(N)cn2)C1.Nc1ccc(OC2CCOCC2)nc1.Nc1ccc(OCCN2CCOCC2)nc1. The van der Waals surface area contributed by atoms with Gasteiger partial charge in [-0.2, -0.15) is 0 Å². The molecule has 0 bridgehead atoms. The van der Waals surface area contributed by atoms with E-state index in [4.69, 9.17) is 45.6 Å². The smallest absolute Gasteiger partial charge is 0.410 e. The molecule has 0 radical (unpaired) electrons. The number of pyridine rings is 3. The number of likely N-dealkylation sites (tertiary alicyclic amines) is 1. The Balaban J connectivity index is 0.000000167. The van der Waals surface area contributed by atoms with E-state index in [1.165, 1.54) is 0 Å². The monoisotopic (exact) mass is 682 g/mol. The van der Waals surface area contributed by atoms with Gasteiger partial charge in [-0.05, 0) is 39.0 Å². The van der Waals surface area contributed by atoms with Crippen LogP contribution in [0.3, 0.4) is 0 Å². The first-order chi connectivity index (χ1) is 23.5. The highest BCUT2D eigenvalue weighted by Gasteiger charge is 2.35. The van der Waals surface area contributed by atoms with E-state index in [1.54, 1.807) is 59.9 Å². The van der Waals surface area contributed by atoms with Gasteiger partial charge in [0.15, 0.2) is 0 Å². The number of carbonyl (C=O) groups excluding carboxylic acids is 1. The van der Waals surface area contributed by atoms with Crippen molar-refractivity contribution >= 4 is 23.2 Å². The number of nitrogens with two attached hydrogens (primary N) is 3. The number of carbonyl (C=O) groups is 1. The van der Waals surface area contributed by atoms with E-state index in [1.807, 2.05) is 20.8 Å². The van der Waals surface area contributed by atoms with Crippen molar-refractivity contribution in [3.05, 3.63) is 55.0 Å². The van der Waals surface area contributed by atoms with Crippen LogP contribution < -0.4 is 31.4 Å². The first-order valence-corrected chi connectivity index (χ1v) is 16.5. The Morgan fingerprint density at radius 2 is 1.24 bits per heavy atom. The molecule has 0 unspecified atom stereocenters. The minimum absolute atomic E-state index is 0.0383. The Hall–Kier alpha value is -4.60. The van der Waals surface area contributed by atoms with Crippen LogP contribution in [0.5, 0.6) is 17.6 Å². The number of nitrogen functional groups attached to an aromatic ring is 3. The Morgan fingerprint density at radius 3 is 1.73 bits per heavy atom. The fraction of sp³-hybridized carbons (Fsp3) is 0.529. The summed E-state index contributed by atoms with van der Waals surface area (Å²) >= 11 is 0. The minimum atomic E-state index is -0.471. The van der Waals surface area contributed by atoms with E-state index in [-0.39, 0.29) is 18.3 Å². The van der Waals surface area contributed by atoms with Crippen LogP contribution in [-0.2, 0) is 14.2 Å². The Kier molecular flexibility index (Phi) is 14.3. The number of hydrogen-bond donors (Lipinski definition) is 3. The zero-order valence-corrected chi connectivity index (χ0v) is 28.7. The summed E-state index contributed by atoms with van der Waals surface area (Å²) in [7, 11) is 0. The van der Waals surface area contributed by atoms with Crippen LogP contribution in [0.4, 0.5) is 21.9 Å². The van der Waals surface area contributed by atoms with Gasteiger partial charge in [0, 0.05) is 50.7 Å². The molecule has 3 aromatic heterocycles. The quantitative estimate of drug-likeness (QED) is 0.313. The molecular weight excluding hydrogens is 632 g/mol. The van der Waals surface area contributed by atoms with Crippen molar-refractivity contribution in [2.75, 3.05) is 83.0 Å². The normalized spacial score (nSPS) is 16.9. The predicted octanol–water partition coefficient (Wildman–Crippen LogP) is 3.26. The molecule has 3 aromatic rings. The highest BCUT2D eigenvalue weighted by Crippen LogP contribution is 2.20. The van der Waals surface area contributed by atoms with Crippen LogP contribution in [0.2, 0.25) is 0 Å². The molecule has 49 heavy (non-hydrogen) atoms. The molecule has 0 aromatic carbocycles. The summed E-state index contributed by atoms with van der Waals surface area (Å²) in [6.07, 6.45) is 6.51. The summed E-state index contributed by atoms with van der Waals surface area (Å²) in [5, 5.41) is 0. The lowest BCUT2D eigenvalue weighted by Gasteiger charge is -2.39. The van der Waals surface area contributed by atoms with Crippen LogP contribution in [0.1, 0.15) is 33.6 Å². The van der Waals surface area contributed by atoms with Crippen LogP contribution in [0.25, 0.3) is 0 Å². The van der Waals surface area contributed by atoms with Crippen molar-refractivity contribution < 1.29 is 33.2 Å². The maximum Gasteiger partial charge on any atom is 0.410 e. The van der Waals surface area contributed by atoms with Gasteiger partial charge in [0.2, 0.25) is 17.6 Å². The molecule has 268 valence electrons. The fourth-order valence-corrected chi connectivity index (χ4v) is 4.63. The number of amides is 1. The third-order valence-corrected chi connectivity index (χ3v) is 7.28. The maximum absolute atomic E-state index is 11.7. The summed E-state index contributed by atoms with van der Waals surface area (Å²) in [6.45, 7) is 13.3. The third-order valence-electron chi connectivity index (χ3n) is 7.28. The lowest BCUT2D eigenvalue weighted by molar-refractivity contribution is -0.0232. The zero-order chi connectivity index (χ0) is 35.1. The molecule has 6 N–H and O–H groups in total. The van der Waals surface area contributed by atoms with Gasteiger partial charge in [-0.25, -0.2) is 19.7 Å². The molecule has 1 amide bonds. The van der Waals surface area contributed by atoms with Gasteiger partial charge >= 0.3 is 6.09 Å². The molecule has 3 fully saturated rings. The van der Waals surface area contributed by atoms with Crippen molar-refractivity contribution in [1.29, 1.82) is 0 Å². The van der Waals surface area contributed by atoms with E-state index in [0.717, 1.165) is 58.9 Å². The molecule has 6 heterocycles. The lowest BCUT2D eigenvalue weighted by Crippen LogP contribution is -2.57. The molecule has 3 aliphatic heterocycles. The standard InChI is InChI=1S/C13H19N3O3.C11H17N3O2.C10H14N2O2/c1-13(2,3)19-12(17)16-7-10(8-16)18-11-5-4-9(14)6-15-11;12-10-1-2-11(13-9-10)16-8-5-14-3-6-15-7-4-14;11-8-1-2-10(12-7-8)14-9-3-5-13-6-4-9/h4-6,10H,7-8,14H2,1-3H3;1-2,9H,3-8,12H2;1-2,7,9H,3-6,11H2. The largest absolute Gasteiger partial charge is 0.476 e. The van der Waals surface area contributed by atoms with Crippen molar-refractivity contribution in [2.24, 2.45) is 0 Å². The first-order valence-electron chi connectivity index (χ1n) is 16.5. The second-order valence-electron chi connectivity index (χ2n) is 12.6. The number of morpholine rings is 1. The summed E-state index contributed by atoms with van der Waals surface area (Å²) in [5.74, 6) is 1.79. The second kappa shape index (κ2) is 18.8. The molecule has 15 heteroatoms. The van der Waals surface area contributed by atoms with Crippen molar-refractivity contribution in [3.63, 3.8) is 0 Å². The van der Waals surface area contributed by atoms with Crippen LogP contribution in [0, 0.1) is 0 Å². The van der Waals surface area contributed by atoms with Crippen molar-refractivity contribution in [3.8, 4) is 17.6 Å². The number of anilines is 3. The second-order valence-corrected chi connectivity index (χ2v) is 12.6. The summed E-state index contributed by atoms with van der Waals surface area (Å²) in [6, 6.07) is 10.6. The fourth-order valence-electron chi connectivity index (χ4n) is 4.63. The third kappa shape index (κ3) is 14.2. The van der Waals surface area contributed by atoms with Gasteiger partial charge in [0.05, 0.1) is 75.2 Å². The highest BCUT2D eigenvalue weighted by atomic mass is 16.6. The highest BCUT2D eigenvalue weighted by molar-refractivity contribution is 5.69. The van der Waals surface area contributed by atoms with E-state index in [0.29, 0.717) is 54.4 Å². The molecule has 0 spiro atoms. The number of hydrogen-bond acceptors (Lipinski definition) is 14. The van der Waals surface area contributed by atoms with Gasteiger partial charge in [-0.3, -0.25) is 4.90 Å². The number of aromatic nitrogens is 3. The molecule has 6 rings (SSSR count). The minimum Gasteiger partial charge on any atom is -0.476 e. The molecular formula is C34H50N8O7. The lowest BCUT2D eigenvalue weighted by atomic mass is 10.1. The van der Waals surface area contributed by atoms with Gasteiger partial charge in [0.25, 0.3) is 0 Å². The summed E-state index contributed by atoms with van der Waals surface area (Å²) in [4.78, 5) is 27.8.